The molecule has 0 radical (unpaired) electrons. The van der Waals surface area contributed by atoms with E-state index in [9.17, 15) is 4.79 Å². The van der Waals surface area contributed by atoms with Gasteiger partial charge in [-0.25, -0.2) is 4.98 Å². The molecule has 5 heteroatoms. The van der Waals surface area contributed by atoms with Gasteiger partial charge in [-0.2, -0.15) is 11.3 Å². The number of thiophene rings is 1. The van der Waals surface area contributed by atoms with Gasteiger partial charge in [0.05, 0.1) is 11.8 Å². The summed E-state index contributed by atoms with van der Waals surface area (Å²) in [5.74, 6) is -0.205. The van der Waals surface area contributed by atoms with Gasteiger partial charge in [-0.3, -0.25) is 10.1 Å². The van der Waals surface area contributed by atoms with Crippen molar-refractivity contribution in [3.63, 3.8) is 0 Å². The Labute approximate surface area is 78.2 Å². The number of hydrogen-bond donors (Lipinski definition) is 1. The maximum Gasteiger partial charge on any atom is 0.301 e. The summed E-state index contributed by atoms with van der Waals surface area (Å²) >= 11 is 1.47. The molecule has 0 aliphatic carbocycles. The Balaban J connectivity index is 2.08. The standard InChI is InChI=1S/C8H6N2O2S/c11-7(6-1-4-13-5-6)10-8-9-2-3-12-8/h1-5H,(H,9,10,11). The van der Waals surface area contributed by atoms with E-state index in [1.54, 1.807) is 11.4 Å². The summed E-state index contributed by atoms with van der Waals surface area (Å²) in [4.78, 5) is 15.1. The first-order valence-corrected chi connectivity index (χ1v) is 4.53. The zero-order valence-electron chi connectivity index (χ0n) is 6.56. The van der Waals surface area contributed by atoms with Crippen molar-refractivity contribution < 1.29 is 9.21 Å². The molecular weight excluding hydrogens is 188 g/mol. The van der Waals surface area contributed by atoms with Crippen LogP contribution >= 0.6 is 11.3 Å². The molecule has 4 nitrogen and oxygen atoms in total. The van der Waals surface area contributed by atoms with Gasteiger partial charge in [-0.05, 0) is 11.4 Å². The third-order valence-corrected chi connectivity index (χ3v) is 2.12. The molecule has 2 aromatic heterocycles. The maximum absolute atomic E-state index is 11.4. The fraction of sp³-hybridized carbons (Fsp3) is 0. The molecule has 1 N–H and O–H groups in total. The lowest BCUT2D eigenvalue weighted by Crippen LogP contribution is -2.10. The van der Waals surface area contributed by atoms with Crippen molar-refractivity contribution in [3.8, 4) is 0 Å². The summed E-state index contributed by atoms with van der Waals surface area (Å²) in [6, 6.07) is 1.96. The number of rotatable bonds is 2. The lowest BCUT2D eigenvalue weighted by atomic mass is 10.3. The second kappa shape index (κ2) is 3.40. The van der Waals surface area contributed by atoms with Crippen LogP contribution < -0.4 is 5.32 Å². The molecule has 0 atom stereocenters. The molecule has 0 saturated heterocycles. The number of aromatic nitrogens is 1. The number of hydrogen-bond acceptors (Lipinski definition) is 4. The topological polar surface area (TPSA) is 55.1 Å². The highest BCUT2D eigenvalue weighted by atomic mass is 32.1. The van der Waals surface area contributed by atoms with Gasteiger partial charge in [-0.1, -0.05) is 0 Å². The van der Waals surface area contributed by atoms with Crippen LogP contribution in [0.3, 0.4) is 0 Å². The second-order valence-corrected chi connectivity index (χ2v) is 3.08. The van der Waals surface area contributed by atoms with Crippen molar-refractivity contribution in [2.75, 3.05) is 5.32 Å². The molecule has 2 heterocycles. The Bertz CT molecular complexity index is 380. The van der Waals surface area contributed by atoms with Crippen LogP contribution in [0.1, 0.15) is 10.4 Å². The average molecular weight is 194 g/mol. The number of nitrogens with zero attached hydrogens (tertiary/aromatic N) is 1. The highest BCUT2D eigenvalue weighted by Crippen LogP contribution is 2.09. The van der Waals surface area contributed by atoms with Crippen molar-refractivity contribution in [3.05, 3.63) is 34.8 Å². The Kier molecular flexibility index (Phi) is 2.09. The monoisotopic (exact) mass is 194 g/mol. The molecule has 0 spiro atoms. The van der Waals surface area contributed by atoms with Gasteiger partial charge in [0.2, 0.25) is 0 Å². The molecule has 0 aliphatic rings. The van der Waals surface area contributed by atoms with Crippen LogP contribution in [0.25, 0.3) is 0 Å². The molecule has 66 valence electrons. The molecule has 0 aliphatic heterocycles. The highest BCUT2D eigenvalue weighted by molar-refractivity contribution is 7.08. The van der Waals surface area contributed by atoms with E-state index in [1.807, 2.05) is 5.38 Å². The van der Waals surface area contributed by atoms with Crippen LogP contribution in [-0.4, -0.2) is 10.9 Å². The predicted octanol–water partition coefficient (Wildman–Crippen LogP) is 1.99. The van der Waals surface area contributed by atoms with Gasteiger partial charge < -0.3 is 4.42 Å². The molecule has 2 rings (SSSR count). The molecule has 0 saturated carbocycles. The third kappa shape index (κ3) is 1.75. The molecular formula is C8H6N2O2S. The summed E-state index contributed by atoms with van der Waals surface area (Å²) < 4.78 is 4.86. The normalized spacial score (nSPS) is 9.85. The molecule has 13 heavy (non-hydrogen) atoms. The summed E-state index contributed by atoms with van der Waals surface area (Å²) in [6.45, 7) is 0. The number of carbonyl (C=O) groups is 1. The molecule has 0 bridgehead atoms. The number of anilines is 1. The Morgan fingerprint density at radius 3 is 3.15 bits per heavy atom. The van der Waals surface area contributed by atoms with Crippen LogP contribution in [0.5, 0.6) is 0 Å². The molecule has 0 unspecified atom stereocenters. The van der Waals surface area contributed by atoms with E-state index < -0.39 is 0 Å². The minimum absolute atomic E-state index is 0.205. The quantitative estimate of drug-likeness (QED) is 0.795. The first-order valence-electron chi connectivity index (χ1n) is 3.59. The Morgan fingerprint density at radius 1 is 1.62 bits per heavy atom. The highest BCUT2D eigenvalue weighted by Gasteiger charge is 2.07. The Hall–Kier alpha value is -1.62. The summed E-state index contributed by atoms with van der Waals surface area (Å²) in [5, 5.41) is 6.11. The summed E-state index contributed by atoms with van der Waals surface area (Å²) in [7, 11) is 0. The van der Waals surface area contributed by atoms with Gasteiger partial charge in [0.25, 0.3) is 5.91 Å². The van der Waals surface area contributed by atoms with E-state index in [0.29, 0.717) is 5.56 Å². The van der Waals surface area contributed by atoms with Crippen LogP contribution in [0.15, 0.2) is 33.7 Å². The van der Waals surface area contributed by atoms with Crippen LogP contribution in [0, 0.1) is 0 Å². The second-order valence-electron chi connectivity index (χ2n) is 2.30. The SMILES string of the molecule is O=C(Nc1ncco1)c1ccsc1. The van der Waals surface area contributed by atoms with E-state index >= 15 is 0 Å². The minimum atomic E-state index is -0.205. The van der Waals surface area contributed by atoms with Crippen molar-refractivity contribution in [1.82, 2.24) is 4.98 Å². The zero-order valence-corrected chi connectivity index (χ0v) is 7.38. The first kappa shape index (κ1) is 8.00. The van der Waals surface area contributed by atoms with Crippen molar-refractivity contribution in [2.45, 2.75) is 0 Å². The van der Waals surface area contributed by atoms with Crippen molar-refractivity contribution >= 4 is 23.3 Å². The van der Waals surface area contributed by atoms with E-state index in [1.165, 1.54) is 23.8 Å². The van der Waals surface area contributed by atoms with E-state index in [-0.39, 0.29) is 11.9 Å². The van der Waals surface area contributed by atoms with E-state index in [4.69, 9.17) is 4.42 Å². The zero-order chi connectivity index (χ0) is 9.10. The van der Waals surface area contributed by atoms with Crippen LogP contribution in [0.2, 0.25) is 0 Å². The number of oxazole rings is 1. The summed E-state index contributed by atoms with van der Waals surface area (Å²) in [5.41, 5.74) is 0.614. The van der Waals surface area contributed by atoms with Gasteiger partial charge in [0.1, 0.15) is 6.26 Å². The van der Waals surface area contributed by atoms with Crippen LogP contribution in [-0.2, 0) is 0 Å². The molecule has 2 aromatic rings. The largest absolute Gasteiger partial charge is 0.432 e. The third-order valence-electron chi connectivity index (χ3n) is 1.44. The Morgan fingerprint density at radius 2 is 2.54 bits per heavy atom. The van der Waals surface area contributed by atoms with Gasteiger partial charge in [-0.15, -0.1) is 0 Å². The van der Waals surface area contributed by atoms with E-state index in [2.05, 4.69) is 10.3 Å². The van der Waals surface area contributed by atoms with E-state index in [0.717, 1.165) is 0 Å². The number of carbonyl (C=O) groups excluding carboxylic acids is 1. The predicted molar refractivity (Wildman–Crippen MR) is 48.8 cm³/mol. The molecule has 0 aromatic carbocycles. The molecule has 0 fully saturated rings. The fourth-order valence-electron chi connectivity index (χ4n) is 0.848. The van der Waals surface area contributed by atoms with Gasteiger partial charge >= 0.3 is 6.01 Å². The fourth-order valence-corrected chi connectivity index (χ4v) is 1.48. The molecule has 1 amide bonds. The summed E-state index contributed by atoms with van der Waals surface area (Å²) in [6.07, 6.45) is 2.88. The van der Waals surface area contributed by atoms with Crippen molar-refractivity contribution in [2.24, 2.45) is 0 Å². The van der Waals surface area contributed by atoms with Gasteiger partial charge in [0, 0.05) is 5.38 Å². The maximum atomic E-state index is 11.4. The van der Waals surface area contributed by atoms with Crippen molar-refractivity contribution in [1.29, 1.82) is 0 Å². The number of nitrogens with one attached hydrogen (secondary N) is 1. The van der Waals surface area contributed by atoms with Crippen LogP contribution in [0.4, 0.5) is 6.01 Å². The minimum Gasteiger partial charge on any atom is -0.432 e. The number of amides is 1. The lowest BCUT2D eigenvalue weighted by molar-refractivity contribution is 0.102. The average Bonchev–Trinajstić information content (AvgIpc) is 2.74. The smallest absolute Gasteiger partial charge is 0.301 e. The first-order chi connectivity index (χ1) is 6.36. The lowest BCUT2D eigenvalue weighted by Gasteiger charge is -1.95. The van der Waals surface area contributed by atoms with Gasteiger partial charge in [0.15, 0.2) is 0 Å².